The maximum atomic E-state index is 13.6. The van der Waals surface area contributed by atoms with Gasteiger partial charge >= 0.3 is 5.97 Å². The Hall–Kier alpha value is -1.61. The molecule has 1 heterocycles. The van der Waals surface area contributed by atoms with E-state index < -0.39 is 44.3 Å². The van der Waals surface area contributed by atoms with Gasteiger partial charge in [0.1, 0.15) is 10.7 Å². The van der Waals surface area contributed by atoms with Crippen molar-refractivity contribution in [1.29, 1.82) is 0 Å². The summed E-state index contributed by atoms with van der Waals surface area (Å²) in [4.78, 5) is 9.93. The zero-order valence-electron chi connectivity index (χ0n) is 10.7. The van der Waals surface area contributed by atoms with Crippen molar-refractivity contribution in [3.05, 3.63) is 29.6 Å². The molecule has 0 aliphatic carbocycles. The molecule has 1 aliphatic heterocycles. The largest absolute Gasteiger partial charge is 0.481 e. The van der Waals surface area contributed by atoms with Gasteiger partial charge in [-0.05, 0) is 18.9 Å². The van der Waals surface area contributed by atoms with Crippen LogP contribution in [0.3, 0.4) is 0 Å². The smallest absolute Gasteiger partial charge is 0.307 e. The van der Waals surface area contributed by atoms with Crippen LogP contribution in [0.5, 0.6) is 0 Å². The Morgan fingerprint density at radius 3 is 2.43 bits per heavy atom. The fourth-order valence-corrected chi connectivity index (χ4v) is 3.78. The zero-order valence-corrected chi connectivity index (χ0v) is 11.5. The Labute approximate surface area is 119 Å². The minimum atomic E-state index is -4.41. The number of halogens is 3. The molecular weight excluding hydrogens is 311 g/mol. The highest BCUT2D eigenvalue weighted by Crippen LogP contribution is 2.26. The number of piperidine rings is 1. The maximum absolute atomic E-state index is 13.6. The molecule has 1 saturated heterocycles. The second-order valence-electron chi connectivity index (χ2n) is 4.74. The predicted octanol–water partition coefficient (Wildman–Crippen LogP) is 1.59. The fourth-order valence-electron chi connectivity index (χ4n) is 2.20. The van der Waals surface area contributed by atoms with E-state index in [-0.39, 0.29) is 25.2 Å². The average Bonchev–Trinajstić information content (AvgIpc) is 2.42. The van der Waals surface area contributed by atoms with Crippen molar-refractivity contribution in [3.8, 4) is 0 Å². The molecule has 0 amide bonds. The van der Waals surface area contributed by atoms with E-state index in [1.165, 1.54) is 0 Å². The number of rotatable bonds is 3. The predicted molar refractivity (Wildman–Crippen MR) is 65.4 cm³/mol. The molecule has 1 aromatic carbocycles. The van der Waals surface area contributed by atoms with E-state index >= 15 is 0 Å². The van der Waals surface area contributed by atoms with Gasteiger partial charge in [0, 0.05) is 19.2 Å². The topological polar surface area (TPSA) is 74.7 Å². The minimum Gasteiger partial charge on any atom is -0.481 e. The lowest BCUT2D eigenvalue weighted by atomic mass is 10.0. The summed E-state index contributed by atoms with van der Waals surface area (Å²) in [5.41, 5.74) is 0. The van der Waals surface area contributed by atoms with Crippen LogP contribution in [0.4, 0.5) is 13.2 Å². The lowest BCUT2D eigenvalue weighted by Crippen LogP contribution is -2.42. The monoisotopic (exact) mass is 323 g/mol. The summed E-state index contributed by atoms with van der Waals surface area (Å²) in [6, 6.07) is 0.422. The molecule has 2 rings (SSSR count). The second-order valence-corrected chi connectivity index (χ2v) is 6.64. The second kappa shape index (κ2) is 5.64. The number of carboxylic acids is 1. The molecule has 1 N–H and O–H groups in total. The summed E-state index contributed by atoms with van der Waals surface area (Å²) in [6.45, 7) is -0.319. The number of sulfonamides is 1. The highest BCUT2D eigenvalue weighted by molar-refractivity contribution is 7.89. The Kier molecular flexibility index (Phi) is 4.24. The summed E-state index contributed by atoms with van der Waals surface area (Å²) in [5, 5.41) is 8.92. The molecule has 0 unspecified atom stereocenters. The zero-order chi connectivity index (χ0) is 15.8. The third kappa shape index (κ3) is 3.03. The summed E-state index contributed by atoms with van der Waals surface area (Å²) in [5.74, 6) is -6.44. The molecule has 1 aliphatic rings. The molecule has 9 heteroatoms. The van der Waals surface area contributed by atoms with Gasteiger partial charge in [0.15, 0.2) is 11.6 Å². The van der Waals surface area contributed by atoms with Crippen LogP contribution < -0.4 is 0 Å². The van der Waals surface area contributed by atoms with Crippen LogP contribution in [-0.2, 0) is 14.8 Å². The molecule has 0 saturated carbocycles. The van der Waals surface area contributed by atoms with Crippen molar-refractivity contribution in [2.45, 2.75) is 17.7 Å². The highest BCUT2D eigenvalue weighted by atomic mass is 32.2. The minimum absolute atomic E-state index is 0.00451. The quantitative estimate of drug-likeness (QED) is 0.857. The normalized spacial score (nSPS) is 20.4. The van der Waals surface area contributed by atoms with Gasteiger partial charge in [0.2, 0.25) is 10.0 Å². The van der Waals surface area contributed by atoms with Gasteiger partial charge in [-0.2, -0.15) is 4.31 Å². The summed E-state index contributed by atoms with van der Waals surface area (Å²) >= 11 is 0. The Balaban J connectivity index is 2.38. The van der Waals surface area contributed by atoms with Crippen molar-refractivity contribution < 1.29 is 31.5 Å². The fraction of sp³-hybridized carbons (Fsp3) is 0.417. The summed E-state index contributed by atoms with van der Waals surface area (Å²) < 4.78 is 64.9. The number of hydrogen-bond donors (Lipinski definition) is 1. The van der Waals surface area contributed by atoms with Crippen LogP contribution >= 0.6 is 0 Å². The van der Waals surface area contributed by atoms with Crippen LogP contribution in [-0.4, -0.2) is 36.9 Å². The van der Waals surface area contributed by atoms with E-state index in [4.69, 9.17) is 5.11 Å². The third-order valence-corrected chi connectivity index (χ3v) is 5.21. The Morgan fingerprint density at radius 2 is 1.81 bits per heavy atom. The molecule has 0 radical (unpaired) electrons. The van der Waals surface area contributed by atoms with E-state index in [1.54, 1.807) is 0 Å². The van der Waals surface area contributed by atoms with Gasteiger partial charge in [-0.25, -0.2) is 21.6 Å². The number of aliphatic carboxylic acids is 1. The number of carboxylic acid groups (broad SMARTS) is 1. The van der Waals surface area contributed by atoms with Crippen molar-refractivity contribution in [2.75, 3.05) is 13.1 Å². The SMILES string of the molecule is O=C(O)[C@H]1CCCN(S(=O)(=O)c2cc(F)c(F)cc2F)C1. The molecule has 1 aromatic rings. The molecule has 116 valence electrons. The van der Waals surface area contributed by atoms with E-state index in [2.05, 4.69) is 0 Å². The van der Waals surface area contributed by atoms with Crippen LogP contribution in [0, 0.1) is 23.4 Å². The van der Waals surface area contributed by atoms with Crippen LogP contribution in [0.2, 0.25) is 0 Å². The molecular formula is C12H12F3NO4S. The van der Waals surface area contributed by atoms with Gasteiger partial charge < -0.3 is 5.11 Å². The first-order valence-corrected chi connectivity index (χ1v) is 7.55. The number of nitrogens with zero attached hydrogens (tertiary/aromatic N) is 1. The molecule has 0 bridgehead atoms. The average molecular weight is 323 g/mol. The number of carbonyl (C=O) groups is 1. The van der Waals surface area contributed by atoms with Gasteiger partial charge in [0.05, 0.1) is 5.92 Å². The van der Waals surface area contributed by atoms with Crippen LogP contribution in [0.1, 0.15) is 12.8 Å². The van der Waals surface area contributed by atoms with Crippen molar-refractivity contribution in [3.63, 3.8) is 0 Å². The Morgan fingerprint density at radius 1 is 1.19 bits per heavy atom. The molecule has 1 atom stereocenters. The Bertz CT molecular complexity index is 677. The highest BCUT2D eigenvalue weighted by Gasteiger charge is 2.35. The van der Waals surface area contributed by atoms with E-state index in [0.29, 0.717) is 12.8 Å². The first kappa shape index (κ1) is 15.8. The van der Waals surface area contributed by atoms with E-state index in [9.17, 15) is 26.4 Å². The third-order valence-electron chi connectivity index (χ3n) is 3.33. The molecule has 1 fully saturated rings. The summed E-state index contributed by atoms with van der Waals surface area (Å²) in [6.07, 6.45) is 0.600. The molecule has 0 spiro atoms. The van der Waals surface area contributed by atoms with Gasteiger partial charge in [-0.1, -0.05) is 0 Å². The first-order valence-electron chi connectivity index (χ1n) is 6.11. The van der Waals surface area contributed by atoms with Crippen molar-refractivity contribution in [2.24, 2.45) is 5.92 Å². The number of hydrogen-bond acceptors (Lipinski definition) is 3. The lowest BCUT2D eigenvalue weighted by molar-refractivity contribution is -0.142. The van der Waals surface area contributed by atoms with Crippen molar-refractivity contribution >= 4 is 16.0 Å². The van der Waals surface area contributed by atoms with E-state index in [0.717, 1.165) is 4.31 Å². The maximum Gasteiger partial charge on any atom is 0.307 e. The van der Waals surface area contributed by atoms with Gasteiger partial charge in [-0.3, -0.25) is 4.79 Å². The molecule has 5 nitrogen and oxygen atoms in total. The van der Waals surface area contributed by atoms with Gasteiger partial charge in [-0.15, -0.1) is 0 Å². The van der Waals surface area contributed by atoms with Gasteiger partial charge in [0.25, 0.3) is 0 Å². The van der Waals surface area contributed by atoms with Crippen molar-refractivity contribution in [1.82, 2.24) is 4.31 Å². The van der Waals surface area contributed by atoms with Crippen LogP contribution in [0.25, 0.3) is 0 Å². The molecule has 21 heavy (non-hydrogen) atoms. The number of benzene rings is 1. The van der Waals surface area contributed by atoms with E-state index in [1.807, 2.05) is 0 Å². The lowest BCUT2D eigenvalue weighted by Gasteiger charge is -2.29. The van der Waals surface area contributed by atoms with Crippen LogP contribution in [0.15, 0.2) is 17.0 Å². The standard InChI is InChI=1S/C12H12F3NO4S/c13-8-4-10(15)11(5-9(8)14)21(19,20)16-3-1-2-7(6-16)12(17)18/h4-5,7H,1-3,6H2,(H,17,18)/t7-/m0/s1. The molecule has 0 aromatic heterocycles. The summed E-state index contributed by atoms with van der Waals surface area (Å²) in [7, 11) is -4.41. The first-order chi connectivity index (χ1) is 9.73.